The number of pyridine rings is 1. The van der Waals surface area contributed by atoms with Gasteiger partial charge in [-0.25, -0.2) is 9.78 Å². The van der Waals surface area contributed by atoms with Crippen LogP contribution in [0, 0.1) is 23.7 Å². The Balaban J connectivity index is 1.87. The molecule has 114 valence electrons. The maximum Gasteiger partial charge on any atom is 0.335 e. The van der Waals surface area contributed by atoms with Crippen molar-refractivity contribution < 1.29 is 14.6 Å². The van der Waals surface area contributed by atoms with Gasteiger partial charge in [0, 0.05) is 17.2 Å². The maximum atomic E-state index is 11.2. The molecule has 3 unspecified atom stereocenters. The second kappa shape index (κ2) is 4.46. The van der Waals surface area contributed by atoms with Gasteiger partial charge < -0.3 is 9.84 Å². The Morgan fingerprint density at radius 2 is 2.10 bits per heavy atom. The lowest BCUT2D eigenvalue weighted by atomic mass is 9.70. The van der Waals surface area contributed by atoms with Gasteiger partial charge in [-0.05, 0) is 43.6 Å². The molecule has 2 aliphatic rings. The Hall–Kier alpha value is -1.58. The number of hydrogen-bond acceptors (Lipinski definition) is 3. The largest absolute Gasteiger partial charge is 0.478 e. The third-order valence-corrected chi connectivity index (χ3v) is 6.15. The Bertz CT molecular complexity index is 596. The molecule has 3 rings (SSSR count). The molecule has 4 nitrogen and oxygen atoms in total. The van der Waals surface area contributed by atoms with Crippen molar-refractivity contribution in [1.29, 1.82) is 0 Å². The van der Waals surface area contributed by atoms with Gasteiger partial charge in [0.15, 0.2) is 0 Å². The lowest BCUT2D eigenvalue weighted by molar-refractivity contribution is 0.0271. The van der Waals surface area contributed by atoms with Gasteiger partial charge >= 0.3 is 5.97 Å². The van der Waals surface area contributed by atoms with Crippen LogP contribution in [0.25, 0.3) is 0 Å². The van der Waals surface area contributed by atoms with Crippen molar-refractivity contribution in [3.63, 3.8) is 0 Å². The van der Waals surface area contributed by atoms with Crippen molar-refractivity contribution in [1.82, 2.24) is 4.98 Å². The number of aryl methyl sites for hydroxylation is 1. The molecule has 4 heteroatoms. The number of aromatic nitrogens is 1. The predicted molar refractivity (Wildman–Crippen MR) is 79.6 cm³/mol. The van der Waals surface area contributed by atoms with Crippen molar-refractivity contribution >= 4 is 5.97 Å². The average Bonchev–Trinajstić information content (AvgIpc) is 2.71. The number of ether oxygens (including phenoxy) is 1. The number of rotatable bonds is 3. The normalized spacial score (nSPS) is 33.1. The third kappa shape index (κ3) is 2.03. The zero-order valence-corrected chi connectivity index (χ0v) is 13.1. The fourth-order valence-electron chi connectivity index (χ4n) is 4.28. The molecule has 2 saturated carbocycles. The van der Waals surface area contributed by atoms with Crippen LogP contribution in [-0.4, -0.2) is 22.2 Å². The van der Waals surface area contributed by atoms with E-state index in [0.717, 1.165) is 6.42 Å². The van der Waals surface area contributed by atoms with Gasteiger partial charge in [-0.15, -0.1) is 0 Å². The lowest BCUT2D eigenvalue weighted by Gasteiger charge is -2.38. The molecule has 1 aromatic rings. The van der Waals surface area contributed by atoms with Gasteiger partial charge in [-0.3, -0.25) is 0 Å². The standard InChI is InChI=1S/C17H23NO3/c1-10-7-11(15(19)20)8-14(18-10)21-13-9-12-5-6-17(13,4)16(12,2)3/h7-8,12-13H,5-6,9H2,1-4H3,(H,19,20). The van der Waals surface area contributed by atoms with E-state index < -0.39 is 5.97 Å². The van der Waals surface area contributed by atoms with Gasteiger partial charge in [0.25, 0.3) is 0 Å². The summed E-state index contributed by atoms with van der Waals surface area (Å²) in [6, 6.07) is 3.11. The maximum absolute atomic E-state index is 11.2. The number of fused-ring (bicyclic) bond motifs is 2. The SMILES string of the molecule is Cc1cc(C(=O)O)cc(OC2CC3CCC2(C)C3(C)C)n1. The van der Waals surface area contributed by atoms with E-state index in [1.165, 1.54) is 18.9 Å². The zero-order chi connectivity index (χ0) is 15.4. The van der Waals surface area contributed by atoms with Crippen LogP contribution in [0.5, 0.6) is 5.88 Å². The number of carbonyl (C=O) groups is 1. The molecule has 2 bridgehead atoms. The summed E-state index contributed by atoms with van der Waals surface area (Å²) in [5.74, 6) is 0.197. The van der Waals surface area contributed by atoms with Crippen molar-refractivity contribution in [2.24, 2.45) is 16.7 Å². The highest BCUT2D eigenvalue weighted by Crippen LogP contribution is 2.66. The van der Waals surface area contributed by atoms with Crippen LogP contribution in [-0.2, 0) is 0 Å². The summed E-state index contributed by atoms with van der Waals surface area (Å²) in [6.07, 6.45) is 3.61. The molecule has 1 N–H and O–H groups in total. The van der Waals surface area contributed by atoms with Crippen LogP contribution in [0.1, 0.15) is 56.1 Å². The van der Waals surface area contributed by atoms with Crippen LogP contribution >= 0.6 is 0 Å². The molecule has 0 amide bonds. The number of nitrogens with zero attached hydrogens (tertiary/aromatic N) is 1. The van der Waals surface area contributed by atoms with Crippen molar-refractivity contribution in [2.75, 3.05) is 0 Å². The molecule has 3 atom stereocenters. The highest BCUT2D eigenvalue weighted by Gasteiger charge is 2.62. The van der Waals surface area contributed by atoms with E-state index in [9.17, 15) is 4.79 Å². The lowest BCUT2D eigenvalue weighted by Crippen LogP contribution is -2.39. The molecule has 0 saturated heterocycles. The summed E-state index contributed by atoms with van der Waals surface area (Å²) < 4.78 is 6.15. The molecule has 2 fully saturated rings. The summed E-state index contributed by atoms with van der Waals surface area (Å²) in [5, 5.41) is 9.15. The number of carboxylic acids is 1. The first-order chi connectivity index (χ1) is 9.74. The van der Waals surface area contributed by atoms with Crippen LogP contribution in [0.2, 0.25) is 0 Å². The molecular weight excluding hydrogens is 266 g/mol. The van der Waals surface area contributed by atoms with Crippen LogP contribution in [0.3, 0.4) is 0 Å². The van der Waals surface area contributed by atoms with Gasteiger partial charge in [-0.2, -0.15) is 0 Å². The monoisotopic (exact) mass is 289 g/mol. The molecular formula is C17H23NO3. The van der Waals surface area contributed by atoms with Crippen molar-refractivity contribution in [2.45, 2.75) is 53.1 Å². The van der Waals surface area contributed by atoms with Crippen molar-refractivity contribution in [3.8, 4) is 5.88 Å². The molecule has 0 spiro atoms. The number of hydrogen-bond donors (Lipinski definition) is 1. The van der Waals surface area contributed by atoms with E-state index in [0.29, 0.717) is 17.5 Å². The van der Waals surface area contributed by atoms with Crippen molar-refractivity contribution in [3.05, 3.63) is 23.4 Å². The number of aromatic carboxylic acids is 1. The first-order valence-corrected chi connectivity index (χ1v) is 7.63. The van der Waals surface area contributed by atoms with E-state index in [2.05, 4.69) is 25.8 Å². The van der Waals surface area contributed by atoms with Gasteiger partial charge in [0.2, 0.25) is 5.88 Å². The smallest absolute Gasteiger partial charge is 0.335 e. The minimum Gasteiger partial charge on any atom is -0.478 e. The number of carboxylic acid groups (broad SMARTS) is 1. The molecule has 0 radical (unpaired) electrons. The fraction of sp³-hybridized carbons (Fsp3) is 0.647. The van der Waals surface area contributed by atoms with Crippen LogP contribution in [0.15, 0.2) is 12.1 Å². The van der Waals surface area contributed by atoms with E-state index in [-0.39, 0.29) is 22.5 Å². The second-order valence-electron chi connectivity index (χ2n) is 7.36. The Labute approximate surface area is 125 Å². The topological polar surface area (TPSA) is 59.4 Å². The Morgan fingerprint density at radius 1 is 1.38 bits per heavy atom. The second-order valence-corrected chi connectivity index (χ2v) is 7.36. The van der Waals surface area contributed by atoms with E-state index in [1.807, 2.05) is 0 Å². The average molecular weight is 289 g/mol. The fourth-order valence-corrected chi connectivity index (χ4v) is 4.28. The van der Waals surface area contributed by atoms with E-state index in [1.54, 1.807) is 13.0 Å². The minimum atomic E-state index is -0.940. The summed E-state index contributed by atoms with van der Waals surface area (Å²) in [6.45, 7) is 8.77. The van der Waals surface area contributed by atoms with Crippen LogP contribution < -0.4 is 4.74 Å². The van der Waals surface area contributed by atoms with Crippen LogP contribution in [0.4, 0.5) is 0 Å². The van der Waals surface area contributed by atoms with E-state index in [4.69, 9.17) is 9.84 Å². The molecule has 1 heterocycles. The molecule has 1 aromatic heterocycles. The van der Waals surface area contributed by atoms with E-state index >= 15 is 0 Å². The third-order valence-electron chi connectivity index (χ3n) is 6.15. The van der Waals surface area contributed by atoms with Gasteiger partial charge in [0.1, 0.15) is 6.10 Å². The summed E-state index contributed by atoms with van der Waals surface area (Å²) in [5.41, 5.74) is 1.34. The summed E-state index contributed by atoms with van der Waals surface area (Å²) >= 11 is 0. The first kappa shape index (κ1) is 14.4. The Kier molecular flexibility index (Phi) is 3.05. The Morgan fingerprint density at radius 3 is 2.62 bits per heavy atom. The molecule has 0 aromatic carbocycles. The predicted octanol–water partition coefficient (Wildman–Crippen LogP) is 3.68. The molecule has 0 aliphatic heterocycles. The quantitative estimate of drug-likeness (QED) is 0.922. The first-order valence-electron chi connectivity index (χ1n) is 7.63. The summed E-state index contributed by atoms with van der Waals surface area (Å²) in [7, 11) is 0. The zero-order valence-electron chi connectivity index (χ0n) is 13.1. The minimum absolute atomic E-state index is 0.127. The van der Waals surface area contributed by atoms with Gasteiger partial charge in [-0.1, -0.05) is 20.8 Å². The highest BCUT2D eigenvalue weighted by molar-refractivity contribution is 5.88. The summed E-state index contributed by atoms with van der Waals surface area (Å²) in [4.78, 5) is 15.5. The molecule has 21 heavy (non-hydrogen) atoms. The highest BCUT2D eigenvalue weighted by atomic mass is 16.5. The molecule has 2 aliphatic carbocycles. The van der Waals surface area contributed by atoms with Gasteiger partial charge in [0.05, 0.1) is 5.56 Å².